The van der Waals surface area contributed by atoms with Gasteiger partial charge in [0.05, 0.1) is 11.7 Å². The molecule has 0 N–H and O–H groups in total. The lowest BCUT2D eigenvalue weighted by Crippen LogP contribution is -2.27. The van der Waals surface area contributed by atoms with Crippen LogP contribution in [0.3, 0.4) is 0 Å². The van der Waals surface area contributed by atoms with E-state index in [-0.39, 0.29) is 6.04 Å². The molecule has 0 aliphatic carbocycles. The van der Waals surface area contributed by atoms with Gasteiger partial charge in [0.25, 0.3) is 0 Å². The normalized spacial score (nSPS) is 15.7. The Morgan fingerprint density at radius 3 is 2.40 bits per heavy atom. The molecular formula is C15H15BrN4. The minimum atomic E-state index is 0.209. The zero-order valence-corrected chi connectivity index (χ0v) is 12.7. The Labute approximate surface area is 126 Å². The Morgan fingerprint density at radius 1 is 1.00 bits per heavy atom. The SMILES string of the molecule is CC(c1ccccc1)N1CN(c2ccc(Br)cc2)N=N1. The summed E-state index contributed by atoms with van der Waals surface area (Å²) >= 11 is 3.44. The number of halogens is 1. The fourth-order valence-corrected chi connectivity index (χ4v) is 2.41. The summed E-state index contributed by atoms with van der Waals surface area (Å²) in [7, 11) is 0. The van der Waals surface area contributed by atoms with Gasteiger partial charge in [0, 0.05) is 4.47 Å². The van der Waals surface area contributed by atoms with E-state index < -0.39 is 0 Å². The Morgan fingerprint density at radius 2 is 1.70 bits per heavy atom. The first-order valence-corrected chi connectivity index (χ1v) is 7.29. The van der Waals surface area contributed by atoms with E-state index >= 15 is 0 Å². The van der Waals surface area contributed by atoms with Crippen LogP contribution in [0.15, 0.2) is 69.5 Å². The lowest BCUT2D eigenvalue weighted by Gasteiger charge is -2.22. The molecule has 20 heavy (non-hydrogen) atoms. The van der Waals surface area contributed by atoms with Crippen LogP contribution in [0.1, 0.15) is 18.5 Å². The smallest absolute Gasteiger partial charge is 0.133 e. The van der Waals surface area contributed by atoms with Gasteiger partial charge in [-0.15, -0.1) is 0 Å². The number of anilines is 1. The lowest BCUT2D eigenvalue weighted by atomic mass is 10.1. The standard InChI is InChI=1S/C15H15BrN4/c1-12(13-5-3-2-4-6-13)19-11-20(18-17-19)15-9-7-14(16)8-10-15/h2-10,12H,11H2,1H3. The van der Waals surface area contributed by atoms with Gasteiger partial charge in [-0.05, 0) is 42.0 Å². The summed E-state index contributed by atoms with van der Waals surface area (Å²) in [5, 5.41) is 12.4. The Balaban J connectivity index is 1.71. The Bertz CT molecular complexity index is 597. The first-order valence-electron chi connectivity index (χ1n) is 6.50. The molecule has 1 heterocycles. The molecule has 4 nitrogen and oxygen atoms in total. The Hall–Kier alpha value is -1.88. The molecule has 1 atom stereocenters. The molecule has 0 saturated heterocycles. The fourth-order valence-electron chi connectivity index (χ4n) is 2.14. The monoisotopic (exact) mass is 330 g/mol. The first kappa shape index (κ1) is 13.1. The second kappa shape index (κ2) is 5.63. The van der Waals surface area contributed by atoms with Crippen LogP contribution in [-0.2, 0) is 0 Å². The number of nitrogens with zero attached hydrogens (tertiary/aromatic N) is 4. The van der Waals surface area contributed by atoms with Crippen LogP contribution in [0.4, 0.5) is 5.69 Å². The van der Waals surface area contributed by atoms with E-state index in [0.29, 0.717) is 6.67 Å². The maximum Gasteiger partial charge on any atom is 0.133 e. The molecule has 0 saturated carbocycles. The molecule has 1 aliphatic rings. The van der Waals surface area contributed by atoms with Crippen molar-refractivity contribution in [2.75, 3.05) is 11.7 Å². The zero-order valence-electron chi connectivity index (χ0n) is 11.1. The number of rotatable bonds is 3. The van der Waals surface area contributed by atoms with E-state index in [9.17, 15) is 0 Å². The summed E-state index contributed by atoms with van der Waals surface area (Å²) in [4.78, 5) is 0. The summed E-state index contributed by atoms with van der Waals surface area (Å²) in [6, 6.07) is 18.6. The average Bonchev–Trinajstić information content (AvgIpc) is 2.98. The first-order chi connectivity index (χ1) is 9.74. The predicted octanol–water partition coefficient (Wildman–Crippen LogP) is 4.57. The third-order valence-corrected chi connectivity index (χ3v) is 3.92. The van der Waals surface area contributed by atoms with E-state index in [1.807, 2.05) is 52.5 Å². The topological polar surface area (TPSA) is 31.2 Å². The van der Waals surface area contributed by atoms with Crippen molar-refractivity contribution in [2.24, 2.45) is 10.4 Å². The van der Waals surface area contributed by atoms with Crippen LogP contribution in [0.5, 0.6) is 0 Å². The number of hydrogen-bond acceptors (Lipinski definition) is 4. The van der Waals surface area contributed by atoms with Gasteiger partial charge in [-0.2, -0.15) is 0 Å². The average molecular weight is 331 g/mol. The summed E-state index contributed by atoms with van der Waals surface area (Å²) in [6.45, 7) is 2.80. The van der Waals surface area contributed by atoms with E-state index in [2.05, 4.69) is 45.4 Å². The molecule has 0 aromatic heterocycles. The lowest BCUT2D eigenvalue weighted by molar-refractivity contribution is 0.243. The fraction of sp³-hybridized carbons (Fsp3) is 0.200. The van der Waals surface area contributed by atoms with Crippen molar-refractivity contribution in [2.45, 2.75) is 13.0 Å². The number of hydrogen-bond donors (Lipinski definition) is 0. The molecule has 0 spiro atoms. The molecule has 0 amide bonds. The minimum absolute atomic E-state index is 0.209. The molecule has 0 radical (unpaired) electrons. The van der Waals surface area contributed by atoms with Gasteiger partial charge in [0.15, 0.2) is 0 Å². The predicted molar refractivity (Wildman–Crippen MR) is 83.0 cm³/mol. The van der Waals surface area contributed by atoms with Crippen LogP contribution >= 0.6 is 15.9 Å². The van der Waals surface area contributed by atoms with Gasteiger partial charge in [-0.3, -0.25) is 0 Å². The molecule has 0 fully saturated rings. The second-order valence-electron chi connectivity index (χ2n) is 4.72. The highest BCUT2D eigenvalue weighted by Gasteiger charge is 2.22. The number of benzene rings is 2. The van der Waals surface area contributed by atoms with Gasteiger partial charge in [-0.1, -0.05) is 51.5 Å². The van der Waals surface area contributed by atoms with Crippen molar-refractivity contribution in [3.05, 3.63) is 64.6 Å². The van der Waals surface area contributed by atoms with Crippen LogP contribution in [0, 0.1) is 0 Å². The van der Waals surface area contributed by atoms with Gasteiger partial charge in [-0.25, -0.2) is 10.0 Å². The van der Waals surface area contributed by atoms with E-state index in [1.165, 1.54) is 5.56 Å². The molecule has 3 rings (SSSR count). The van der Waals surface area contributed by atoms with Crippen LogP contribution in [0.25, 0.3) is 0 Å². The summed E-state index contributed by atoms with van der Waals surface area (Å²) < 4.78 is 1.06. The van der Waals surface area contributed by atoms with Crippen molar-refractivity contribution in [3.8, 4) is 0 Å². The van der Waals surface area contributed by atoms with Crippen molar-refractivity contribution in [1.29, 1.82) is 0 Å². The highest BCUT2D eigenvalue weighted by molar-refractivity contribution is 9.10. The maximum atomic E-state index is 4.26. The van der Waals surface area contributed by atoms with Gasteiger partial charge < -0.3 is 0 Å². The minimum Gasteiger partial charge on any atom is -0.248 e. The summed E-state index contributed by atoms with van der Waals surface area (Å²) in [5.41, 5.74) is 2.28. The summed E-state index contributed by atoms with van der Waals surface area (Å²) in [6.07, 6.45) is 0. The van der Waals surface area contributed by atoms with E-state index in [0.717, 1.165) is 10.2 Å². The highest BCUT2D eigenvalue weighted by atomic mass is 79.9. The van der Waals surface area contributed by atoms with Crippen LogP contribution < -0.4 is 5.01 Å². The van der Waals surface area contributed by atoms with Gasteiger partial charge in [0.1, 0.15) is 6.67 Å². The molecule has 102 valence electrons. The molecule has 2 aromatic rings. The van der Waals surface area contributed by atoms with Gasteiger partial charge in [0.2, 0.25) is 0 Å². The molecule has 5 heteroatoms. The molecule has 0 bridgehead atoms. The molecule has 2 aromatic carbocycles. The maximum absolute atomic E-state index is 4.26. The highest BCUT2D eigenvalue weighted by Crippen LogP contribution is 2.27. The van der Waals surface area contributed by atoms with Crippen molar-refractivity contribution < 1.29 is 0 Å². The second-order valence-corrected chi connectivity index (χ2v) is 5.64. The van der Waals surface area contributed by atoms with E-state index in [4.69, 9.17) is 0 Å². The van der Waals surface area contributed by atoms with Crippen molar-refractivity contribution in [3.63, 3.8) is 0 Å². The third kappa shape index (κ3) is 2.67. The Kier molecular flexibility index (Phi) is 3.69. The molecule has 1 unspecified atom stereocenters. The zero-order chi connectivity index (χ0) is 13.9. The molecular weight excluding hydrogens is 316 g/mol. The van der Waals surface area contributed by atoms with Crippen molar-refractivity contribution in [1.82, 2.24) is 5.01 Å². The van der Waals surface area contributed by atoms with Crippen molar-refractivity contribution >= 4 is 21.6 Å². The quantitative estimate of drug-likeness (QED) is 0.825. The van der Waals surface area contributed by atoms with Gasteiger partial charge >= 0.3 is 0 Å². The van der Waals surface area contributed by atoms with Crippen LogP contribution in [-0.4, -0.2) is 11.7 Å². The largest absolute Gasteiger partial charge is 0.248 e. The van der Waals surface area contributed by atoms with E-state index in [1.54, 1.807) is 0 Å². The summed E-state index contributed by atoms with van der Waals surface area (Å²) in [5.74, 6) is 0. The van der Waals surface area contributed by atoms with Crippen LogP contribution in [0.2, 0.25) is 0 Å². The third-order valence-electron chi connectivity index (χ3n) is 3.40. The molecule has 1 aliphatic heterocycles.